The van der Waals surface area contributed by atoms with Crippen LogP contribution in [0.3, 0.4) is 0 Å². The van der Waals surface area contributed by atoms with Crippen LogP contribution >= 0.6 is 0 Å². The van der Waals surface area contributed by atoms with Gasteiger partial charge in [-0.2, -0.15) is 30.4 Å². The molecule has 0 atom stereocenters. The first-order valence-electron chi connectivity index (χ1n) is 11.9. The fraction of sp³-hybridized carbons (Fsp3) is 0.154. The zero-order chi connectivity index (χ0) is 33.8. The Bertz CT molecular complexity index is 2040. The van der Waals surface area contributed by atoms with Gasteiger partial charge in [0.25, 0.3) is 11.3 Å². The molecule has 0 unspecified atom stereocenters. The maximum atomic E-state index is 15.4. The fourth-order valence-electron chi connectivity index (χ4n) is 4.30. The van der Waals surface area contributed by atoms with Crippen LogP contribution in [-0.4, -0.2) is 60.0 Å². The molecule has 4 rings (SSSR count). The number of benzene rings is 3. The smallest absolute Gasteiger partial charge is 0.480 e. The molecule has 0 radical (unpaired) electrons. The van der Waals surface area contributed by atoms with Crippen molar-refractivity contribution in [1.29, 1.82) is 0 Å². The van der Waals surface area contributed by atoms with Crippen LogP contribution in [0.5, 0.6) is 5.75 Å². The Morgan fingerprint density at radius 3 is 2.04 bits per heavy atom. The van der Waals surface area contributed by atoms with E-state index in [1.807, 2.05) is 0 Å². The van der Waals surface area contributed by atoms with Gasteiger partial charge in [0.15, 0.2) is 23.0 Å². The predicted octanol–water partition coefficient (Wildman–Crippen LogP) is 4.27. The molecule has 19 heteroatoms. The van der Waals surface area contributed by atoms with E-state index in [0.29, 0.717) is 11.0 Å². The molecule has 45 heavy (non-hydrogen) atoms. The van der Waals surface area contributed by atoms with Crippen molar-refractivity contribution >= 4 is 38.9 Å². The number of nitrogens with zero attached hydrogens (tertiary/aromatic N) is 1. The van der Waals surface area contributed by atoms with Crippen molar-refractivity contribution in [2.24, 2.45) is 0 Å². The van der Waals surface area contributed by atoms with Crippen molar-refractivity contribution < 1.29 is 72.3 Å². The van der Waals surface area contributed by atoms with Gasteiger partial charge < -0.3 is 23.7 Å². The molecule has 11 nitrogen and oxygen atoms in total. The molecule has 1 aliphatic heterocycles. The van der Waals surface area contributed by atoms with Crippen molar-refractivity contribution in [3.63, 3.8) is 0 Å². The van der Waals surface area contributed by atoms with Crippen molar-refractivity contribution in [1.82, 2.24) is 4.90 Å². The van der Waals surface area contributed by atoms with Gasteiger partial charge in [-0.25, -0.2) is 8.78 Å². The number of hydrogen-bond donors (Lipinski definition) is 2. The van der Waals surface area contributed by atoms with Crippen LogP contribution in [-0.2, 0) is 19.7 Å². The van der Waals surface area contributed by atoms with Gasteiger partial charge in [0, 0.05) is 22.1 Å². The third kappa shape index (κ3) is 5.97. The molecule has 2 aliphatic rings. The monoisotopic (exact) mass is 665 g/mol. The molecule has 2 aromatic carbocycles. The minimum atomic E-state index is -6.64. The SMILES string of the molecule is Cc1cc(C(=O)N(CC(=O)O)CC(=O)O)ccc1-c1c2cc(F)c(=O)c(F)c-2oc2c(F)c(OS(=O)(=O)C(F)(F)F)c(F)cc12. The number of carboxylic acid groups (broad SMARTS) is 2. The van der Waals surface area contributed by atoms with Crippen LogP contribution in [0.1, 0.15) is 15.9 Å². The summed E-state index contributed by atoms with van der Waals surface area (Å²) in [6.45, 7) is -0.795. The molecule has 238 valence electrons. The van der Waals surface area contributed by atoms with Crippen molar-refractivity contribution in [3.8, 4) is 28.2 Å². The zero-order valence-corrected chi connectivity index (χ0v) is 22.8. The summed E-state index contributed by atoms with van der Waals surface area (Å²) in [6.07, 6.45) is 0. The molecule has 0 fully saturated rings. The lowest BCUT2D eigenvalue weighted by atomic mass is 9.90. The number of alkyl halides is 3. The third-order valence-electron chi connectivity index (χ3n) is 6.16. The number of fused-ring (bicyclic) bond motifs is 2. The Morgan fingerprint density at radius 2 is 1.51 bits per heavy atom. The lowest BCUT2D eigenvalue weighted by molar-refractivity contribution is -0.140. The van der Waals surface area contributed by atoms with Gasteiger partial charge in [-0.1, -0.05) is 6.07 Å². The van der Waals surface area contributed by atoms with E-state index < -0.39 is 109 Å². The molecular weight excluding hydrogens is 651 g/mol. The van der Waals surface area contributed by atoms with Gasteiger partial charge in [0.2, 0.25) is 17.4 Å². The van der Waals surface area contributed by atoms with Crippen LogP contribution in [0.4, 0.5) is 30.7 Å². The van der Waals surface area contributed by atoms with E-state index in [-0.39, 0.29) is 22.8 Å². The van der Waals surface area contributed by atoms with Crippen LogP contribution in [0.15, 0.2) is 39.5 Å². The van der Waals surface area contributed by atoms with Crippen LogP contribution in [0.2, 0.25) is 0 Å². The number of amides is 1. The van der Waals surface area contributed by atoms with E-state index in [2.05, 4.69) is 4.18 Å². The van der Waals surface area contributed by atoms with Crippen LogP contribution in [0, 0.1) is 30.2 Å². The minimum Gasteiger partial charge on any atom is -0.480 e. The number of carboxylic acids is 2. The Kier molecular flexibility index (Phi) is 8.27. The second-order valence-electron chi connectivity index (χ2n) is 9.20. The molecule has 0 saturated heterocycles. The summed E-state index contributed by atoms with van der Waals surface area (Å²) in [5, 5.41) is 17.3. The highest BCUT2D eigenvalue weighted by atomic mass is 32.2. The normalized spacial score (nSPS) is 12.0. The third-order valence-corrected chi connectivity index (χ3v) is 7.12. The van der Waals surface area contributed by atoms with Gasteiger partial charge in [-0.15, -0.1) is 0 Å². The highest BCUT2D eigenvalue weighted by molar-refractivity contribution is 7.88. The van der Waals surface area contributed by atoms with Gasteiger partial charge in [0.1, 0.15) is 13.1 Å². The average Bonchev–Trinajstić information content (AvgIpc) is 2.92. The molecule has 0 spiro atoms. The number of carbonyl (C=O) groups is 3. The second kappa shape index (κ2) is 11.4. The summed E-state index contributed by atoms with van der Waals surface area (Å²) in [4.78, 5) is 47.5. The van der Waals surface area contributed by atoms with Crippen molar-refractivity contribution in [2.45, 2.75) is 12.4 Å². The molecule has 2 aromatic rings. The highest BCUT2D eigenvalue weighted by Crippen LogP contribution is 2.45. The molecular formula is C26H14F7NO10S. The lowest BCUT2D eigenvalue weighted by Crippen LogP contribution is -2.39. The van der Waals surface area contributed by atoms with E-state index in [9.17, 15) is 49.5 Å². The standard InChI is InChI=1S/C26H14F7NO10S/c1-9-4-10(25(40)34(7-16(35)36)8-17(37)38)2-3-11(9)18-12-5-14(27)21(39)19(29)22(12)43-23-13(18)6-15(28)24(20(23)30)44-45(41,42)26(31,32)33/h2-6H,7-8H2,1H3,(H,35,36)(H,37,38). The number of hydrogen-bond acceptors (Lipinski definition) is 8. The van der Waals surface area contributed by atoms with Crippen LogP contribution < -0.4 is 9.61 Å². The summed E-state index contributed by atoms with van der Waals surface area (Å²) in [5.41, 5.74) is -11.0. The van der Waals surface area contributed by atoms with E-state index in [1.165, 1.54) is 6.92 Å². The first-order chi connectivity index (χ1) is 20.7. The van der Waals surface area contributed by atoms with E-state index >= 15 is 8.78 Å². The Morgan fingerprint density at radius 1 is 0.911 bits per heavy atom. The number of aryl methyl sites for hydroxylation is 1. The van der Waals surface area contributed by atoms with Gasteiger partial charge in [0.05, 0.1) is 0 Å². The molecule has 0 saturated carbocycles. The van der Waals surface area contributed by atoms with E-state index in [4.69, 9.17) is 14.6 Å². The minimum absolute atomic E-state index is 0.0342. The number of rotatable bonds is 8. The summed E-state index contributed by atoms with van der Waals surface area (Å²) < 4.78 is 130. The quantitative estimate of drug-likeness (QED) is 0.120. The largest absolute Gasteiger partial charge is 0.534 e. The second-order valence-corrected chi connectivity index (χ2v) is 10.7. The lowest BCUT2D eigenvalue weighted by Gasteiger charge is -2.21. The maximum absolute atomic E-state index is 15.4. The Hall–Kier alpha value is -5.20. The van der Waals surface area contributed by atoms with E-state index in [1.54, 1.807) is 0 Å². The summed E-state index contributed by atoms with van der Waals surface area (Å²) >= 11 is 0. The maximum Gasteiger partial charge on any atom is 0.534 e. The van der Waals surface area contributed by atoms with Crippen LogP contribution in [0.25, 0.3) is 33.4 Å². The highest BCUT2D eigenvalue weighted by Gasteiger charge is 2.49. The molecule has 1 amide bonds. The summed E-state index contributed by atoms with van der Waals surface area (Å²) in [6, 6.07) is 3.72. The molecule has 2 N–H and O–H groups in total. The molecule has 0 aromatic heterocycles. The molecule has 1 heterocycles. The molecule has 0 bridgehead atoms. The van der Waals surface area contributed by atoms with Crippen molar-refractivity contribution in [3.05, 3.63) is 75.0 Å². The zero-order valence-electron chi connectivity index (χ0n) is 22.0. The number of aliphatic carboxylic acids is 2. The summed E-state index contributed by atoms with van der Waals surface area (Å²) in [7, 11) is -6.64. The number of carbonyl (C=O) groups excluding carboxylic acids is 1. The van der Waals surface area contributed by atoms with Gasteiger partial charge in [-0.3, -0.25) is 19.2 Å². The fourth-order valence-corrected chi connectivity index (χ4v) is 4.76. The summed E-state index contributed by atoms with van der Waals surface area (Å²) in [5.74, 6) is -15.4. The number of halogens is 7. The van der Waals surface area contributed by atoms with Crippen molar-refractivity contribution in [2.75, 3.05) is 13.1 Å². The van der Waals surface area contributed by atoms with E-state index in [0.717, 1.165) is 18.2 Å². The first kappa shape index (κ1) is 32.7. The topological polar surface area (TPSA) is 168 Å². The molecule has 1 aliphatic carbocycles. The van der Waals surface area contributed by atoms with Gasteiger partial charge >= 0.3 is 27.6 Å². The van der Waals surface area contributed by atoms with Gasteiger partial charge in [-0.05, 0) is 42.3 Å². The Balaban J connectivity index is 2.03. The predicted molar refractivity (Wildman–Crippen MR) is 136 cm³/mol. The first-order valence-corrected chi connectivity index (χ1v) is 13.3. The average molecular weight is 665 g/mol. The Labute approximate surface area is 245 Å².